The van der Waals surface area contributed by atoms with E-state index in [9.17, 15) is 9.59 Å². The quantitative estimate of drug-likeness (QED) is 0.640. The highest BCUT2D eigenvalue weighted by Gasteiger charge is 2.10. The number of thiocarbonyl (C=S) groups is 1. The van der Waals surface area contributed by atoms with Crippen molar-refractivity contribution >= 4 is 50.8 Å². The van der Waals surface area contributed by atoms with E-state index in [0.717, 1.165) is 10.0 Å². The summed E-state index contributed by atoms with van der Waals surface area (Å²) in [4.78, 5) is 22.9. The predicted molar refractivity (Wildman–Crippen MR) is 102 cm³/mol. The van der Waals surface area contributed by atoms with E-state index in [2.05, 4.69) is 26.6 Å². The van der Waals surface area contributed by atoms with Crippen molar-refractivity contribution in [1.29, 1.82) is 0 Å². The molecule has 0 bridgehead atoms. The minimum atomic E-state index is -1.04. The molecule has 0 saturated carbocycles. The van der Waals surface area contributed by atoms with Crippen LogP contribution in [-0.4, -0.2) is 28.7 Å². The lowest BCUT2D eigenvalue weighted by atomic mass is 10.1. The molecule has 25 heavy (non-hydrogen) atoms. The monoisotopic (exact) mass is 422 g/mol. The Morgan fingerprint density at radius 2 is 1.88 bits per heavy atom. The maximum Gasteiger partial charge on any atom is 0.335 e. The van der Waals surface area contributed by atoms with Crippen molar-refractivity contribution in [3.05, 3.63) is 58.1 Å². The average Bonchev–Trinajstić information content (AvgIpc) is 2.56. The molecule has 0 unspecified atom stereocenters. The van der Waals surface area contributed by atoms with Gasteiger partial charge in [-0.3, -0.25) is 10.1 Å². The summed E-state index contributed by atoms with van der Waals surface area (Å²) in [5.41, 5.74) is 1.44. The van der Waals surface area contributed by atoms with Crippen molar-refractivity contribution in [3.8, 4) is 5.75 Å². The SMILES string of the molecule is Cc1ccc(C(=O)O)cc1NC(=S)NC(=O)COc1ccc(Br)cc1. The van der Waals surface area contributed by atoms with Gasteiger partial charge in [0.1, 0.15) is 5.75 Å². The number of amides is 1. The Hall–Kier alpha value is -2.45. The molecule has 0 heterocycles. The van der Waals surface area contributed by atoms with Gasteiger partial charge in [0.15, 0.2) is 11.7 Å². The van der Waals surface area contributed by atoms with Crippen LogP contribution in [0.15, 0.2) is 46.9 Å². The Balaban J connectivity index is 1.89. The zero-order valence-corrected chi connectivity index (χ0v) is 15.6. The number of halogens is 1. The molecule has 2 rings (SSSR count). The van der Waals surface area contributed by atoms with Gasteiger partial charge in [0, 0.05) is 10.2 Å². The highest BCUT2D eigenvalue weighted by atomic mass is 79.9. The van der Waals surface area contributed by atoms with Crippen LogP contribution in [0, 0.1) is 6.92 Å². The summed E-state index contributed by atoms with van der Waals surface area (Å²) in [7, 11) is 0. The number of aryl methyl sites for hydroxylation is 1. The highest BCUT2D eigenvalue weighted by molar-refractivity contribution is 9.10. The molecule has 0 spiro atoms. The third-order valence-corrected chi connectivity index (χ3v) is 3.90. The second kappa shape index (κ2) is 8.59. The van der Waals surface area contributed by atoms with Gasteiger partial charge in [-0.15, -0.1) is 0 Å². The number of hydrogen-bond acceptors (Lipinski definition) is 4. The molecule has 0 fully saturated rings. The summed E-state index contributed by atoms with van der Waals surface area (Å²) in [6, 6.07) is 11.7. The number of carbonyl (C=O) groups excluding carboxylic acids is 1. The second-order valence-electron chi connectivity index (χ2n) is 5.08. The van der Waals surface area contributed by atoms with Gasteiger partial charge >= 0.3 is 5.97 Å². The number of benzene rings is 2. The second-order valence-corrected chi connectivity index (χ2v) is 6.40. The van der Waals surface area contributed by atoms with Gasteiger partial charge < -0.3 is 15.2 Å². The third-order valence-electron chi connectivity index (χ3n) is 3.17. The zero-order chi connectivity index (χ0) is 18.4. The van der Waals surface area contributed by atoms with Crippen LogP contribution in [0.4, 0.5) is 5.69 Å². The first-order valence-corrected chi connectivity index (χ1v) is 8.38. The summed E-state index contributed by atoms with van der Waals surface area (Å²) >= 11 is 8.39. The van der Waals surface area contributed by atoms with Gasteiger partial charge in [0.05, 0.1) is 5.56 Å². The first-order valence-electron chi connectivity index (χ1n) is 7.18. The fourth-order valence-electron chi connectivity index (χ4n) is 1.89. The largest absolute Gasteiger partial charge is 0.484 e. The Labute approximate surface area is 158 Å². The molecule has 2 aromatic carbocycles. The lowest BCUT2D eigenvalue weighted by Crippen LogP contribution is -2.37. The fraction of sp³-hybridized carbons (Fsp3) is 0.118. The topological polar surface area (TPSA) is 87.7 Å². The van der Waals surface area contributed by atoms with E-state index in [1.54, 1.807) is 37.3 Å². The maximum absolute atomic E-state index is 11.9. The number of hydrogen-bond donors (Lipinski definition) is 3. The standard InChI is InChI=1S/C17H15BrN2O4S/c1-10-2-3-11(16(22)23)8-14(10)19-17(25)20-15(21)9-24-13-6-4-12(18)5-7-13/h2-8H,9H2,1H3,(H,22,23)(H2,19,20,21,25). The average molecular weight is 423 g/mol. The van der Waals surface area contributed by atoms with Crippen molar-refractivity contribution in [1.82, 2.24) is 5.32 Å². The van der Waals surface area contributed by atoms with Crippen LogP contribution in [0.3, 0.4) is 0 Å². The third kappa shape index (κ3) is 5.84. The van der Waals surface area contributed by atoms with Gasteiger partial charge in [-0.1, -0.05) is 22.0 Å². The van der Waals surface area contributed by atoms with Crippen LogP contribution in [-0.2, 0) is 4.79 Å². The molecule has 1 amide bonds. The number of carbonyl (C=O) groups is 2. The van der Waals surface area contributed by atoms with Crippen molar-refractivity contribution < 1.29 is 19.4 Å². The smallest absolute Gasteiger partial charge is 0.335 e. The van der Waals surface area contributed by atoms with E-state index in [-0.39, 0.29) is 17.3 Å². The minimum absolute atomic E-state index is 0.0649. The van der Waals surface area contributed by atoms with Gasteiger partial charge in [0.2, 0.25) is 0 Å². The van der Waals surface area contributed by atoms with Crippen molar-refractivity contribution in [2.24, 2.45) is 0 Å². The first-order chi connectivity index (χ1) is 11.8. The van der Waals surface area contributed by atoms with Crippen LogP contribution in [0.5, 0.6) is 5.75 Å². The number of ether oxygens (including phenoxy) is 1. The Kier molecular flexibility index (Phi) is 6.49. The fourth-order valence-corrected chi connectivity index (χ4v) is 2.37. The molecule has 0 aliphatic heterocycles. The maximum atomic E-state index is 11.9. The molecular weight excluding hydrogens is 408 g/mol. The molecule has 2 aromatic rings. The lowest BCUT2D eigenvalue weighted by Gasteiger charge is -2.13. The van der Waals surface area contributed by atoms with Crippen LogP contribution >= 0.6 is 28.1 Å². The molecular formula is C17H15BrN2O4S. The number of anilines is 1. The van der Waals surface area contributed by atoms with Gasteiger partial charge in [-0.05, 0) is 61.1 Å². The number of rotatable bonds is 5. The van der Waals surface area contributed by atoms with Crippen LogP contribution in [0.25, 0.3) is 0 Å². The van der Waals surface area contributed by atoms with Crippen LogP contribution < -0.4 is 15.4 Å². The molecule has 0 aliphatic carbocycles. The van der Waals surface area contributed by atoms with E-state index in [1.807, 2.05) is 0 Å². The summed E-state index contributed by atoms with van der Waals surface area (Å²) in [5, 5.41) is 14.4. The zero-order valence-electron chi connectivity index (χ0n) is 13.2. The molecule has 0 aromatic heterocycles. The Bertz CT molecular complexity index is 809. The molecule has 6 nitrogen and oxygen atoms in total. The summed E-state index contributed by atoms with van der Waals surface area (Å²) in [5.74, 6) is -0.907. The van der Waals surface area contributed by atoms with E-state index < -0.39 is 11.9 Å². The molecule has 0 aliphatic rings. The molecule has 0 radical (unpaired) electrons. The van der Waals surface area contributed by atoms with Crippen molar-refractivity contribution in [2.45, 2.75) is 6.92 Å². The molecule has 130 valence electrons. The van der Waals surface area contributed by atoms with Crippen molar-refractivity contribution in [2.75, 3.05) is 11.9 Å². The highest BCUT2D eigenvalue weighted by Crippen LogP contribution is 2.17. The van der Waals surface area contributed by atoms with Gasteiger partial charge in [0.25, 0.3) is 5.91 Å². The van der Waals surface area contributed by atoms with E-state index in [1.165, 1.54) is 12.1 Å². The summed E-state index contributed by atoms with van der Waals surface area (Å²) in [6.07, 6.45) is 0. The summed E-state index contributed by atoms with van der Waals surface area (Å²) < 4.78 is 6.26. The molecule has 0 saturated heterocycles. The predicted octanol–water partition coefficient (Wildman–Crippen LogP) is 3.35. The van der Waals surface area contributed by atoms with Crippen molar-refractivity contribution in [3.63, 3.8) is 0 Å². The number of carboxylic acids is 1. The number of aromatic carboxylic acids is 1. The van der Waals surface area contributed by atoms with E-state index in [4.69, 9.17) is 22.1 Å². The van der Waals surface area contributed by atoms with Gasteiger partial charge in [-0.25, -0.2) is 4.79 Å². The number of nitrogens with one attached hydrogen (secondary N) is 2. The normalized spacial score (nSPS) is 10.0. The summed E-state index contributed by atoms with van der Waals surface area (Å²) in [6.45, 7) is 1.60. The Morgan fingerprint density at radius 1 is 1.20 bits per heavy atom. The first kappa shape index (κ1) is 18.9. The minimum Gasteiger partial charge on any atom is -0.484 e. The molecule has 8 heteroatoms. The number of carboxylic acid groups (broad SMARTS) is 1. The lowest BCUT2D eigenvalue weighted by molar-refractivity contribution is -0.121. The molecule has 0 atom stereocenters. The van der Waals surface area contributed by atoms with E-state index in [0.29, 0.717) is 11.4 Å². The van der Waals surface area contributed by atoms with Gasteiger partial charge in [-0.2, -0.15) is 0 Å². The van der Waals surface area contributed by atoms with E-state index >= 15 is 0 Å². The van der Waals surface area contributed by atoms with Crippen LogP contribution in [0.1, 0.15) is 15.9 Å². The van der Waals surface area contributed by atoms with Crippen LogP contribution in [0.2, 0.25) is 0 Å². The Morgan fingerprint density at radius 3 is 2.52 bits per heavy atom. The molecule has 3 N–H and O–H groups in total.